The third-order valence-electron chi connectivity index (χ3n) is 2.95. The van der Waals surface area contributed by atoms with E-state index in [0.29, 0.717) is 19.3 Å². The molecule has 4 heteroatoms. The Balaban J connectivity index is 3.28. The number of hydrogen-bond donors (Lipinski definition) is 1. The van der Waals surface area contributed by atoms with Crippen LogP contribution >= 0.6 is 0 Å². The van der Waals surface area contributed by atoms with E-state index in [1.807, 2.05) is 0 Å². The Morgan fingerprint density at radius 2 is 1.72 bits per heavy atom. The first-order valence-corrected chi connectivity index (χ1v) is 7.16. The molecule has 1 unspecified atom stereocenters. The smallest absolute Gasteiger partial charge is 0.0704 e. The van der Waals surface area contributed by atoms with Crippen molar-refractivity contribution in [2.24, 2.45) is 0 Å². The van der Waals surface area contributed by atoms with E-state index in [1.165, 1.54) is 12.8 Å². The van der Waals surface area contributed by atoms with E-state index in [-0.39, 0.29) is 6.10 Å². The molecular formula is C14H31NO3. The fourth-order valence-corrected chi connectivity index (χ4v) is 1.68. The minimum absolute atomic E-state index is 0.244. The van der Waals surface area contributed by atoms with E-state index >= 15 is 0 Å². The molecule has 0 amide bonds. The van der Waals surface area contributed by atoms with Gasteiger partial charge in [-0.15, -0.1) is 0 Å². The van der Waals surface area contributed by atoms with Crippen molar-refractivity contribution in [2.75, 3.05) is 40.1 Å². The van der Waals surface area contributed by atoms with Crippen molar-refractivity contribution in [3.05, 3.63) is 0 Å². The van der Waals surface area contributed by atoms with Crippen LogP contribution in [0.15, 0.2) is 0 Å². The van der Waals surface area contributed by atoms with Crippen molar-refractivity contribution < 1.29 is 14.2 Å². The number of nitrogens with one attached hydrogen (secondary N) is 1. The fraction of sp³-hybridized carbons (Fsp3) is 1.00. The molecule has 1 N–H and O–H groups in total. The van der Waals surface area contributed by atoms with Gasteiger partial charge in [-0.3, -0.25) is 0 Å². The topological polar surface area (TPSA) is 39.7 Å². The molecule has 0 aliphatic carbocycles. The summed E-state index contributed by atoms with van der Waals surface area (Å²) in [6.45, 7) is 10.3. The van der Waals surface area contributed by atoms with Crippen LogP contribution in [0.2, 0.25) is 0 Å². The first-order valence-electron chi connectivity index (χ1n) is 7.16. The summed E-state index contributed by atoms with van der Waals surface area (Å²) >= 11 is 0. The average Bonchev–Trinajstić information content (AvgIpc) is 2.39. The largest absolute Gasteiger partial charge is 0.385 e. The molecule has 0 aliphatic rings. The summed E-state index contributed by atoms with van der Waals surface area (Å²) in [5, 5.41) is 3.51. The zero-order chi connectivity index (χ0) is 13.6. The van der Waals surface area contributed by atoms with Gasteiger partial charge in [0.1, 0.15) is 0 Å². The lowest BCUT2D eigenvalue weighted by molar-refractivity contribution is 0.00790. The first kappa shape index (κ1) is 17.8. The van der Waals surface area contributed by atoms with Crippen molar-refractivity contribution in [3.63, 3.8) is 0 Å². The van der Waals surface area contributed by atoms with Gasteiger partial charge < -0.3 is 19.5 Å². The summed E-state index contributed by atoms with van der Waals surface area (Å²) in [7, 11) is 1.71. The Kier molecular flexibility index (Phi) is 13.2. The van der Waals surface area contributed by atoms with Crippen LogP contribution in [0.3, 0.4) is 0 Å². The van der Waals surface area contributed by atoms with Crippen LogP contribution in [-0.4, -0.2) is 52.2 Å². The Morgan fingerprint density at radius 3 is 2.33 bits per heavy atom. The fourth-order valence-electron chi connectivity index (χ4n) is 1.68. The molecule has 0 rings (SSSR count). The molecule has 18 heavy (non-hydrogen) atoms. The molecule has 0 aromatic carbocycles. The van der Waals surface area contributed by atoms with Gasteiger partial charge in [0.05, 0.1) is 19.3 Å². The highest BCUT2D eigenvalue weighted by Gasteiger charge is 2.06. The third kappa shape index (κ3) is 11.0. The number of hydrogen-bond acceptors (Lipinski definition) is 4. The SMILES string of the molecule is CCC(CC)NCC(C)OCCOCCCOC. The van der Waals surface area contributed by atoms with Gasteiger partial charge >= 0.3 is 0 Å². The molecular weight excluding hydrogens is 230 g/mol. The van der Waals surface area contributed by atoms with Crippen LogP contribution in [0, 0.1) is 0 Å². The van der Waals surface area contributed by atoms with Gasteiger partial charge in [0.25, 0.3) is 0 Å². The quantitative estimate of drug-likeness (QED) is 0.516. The van der Waals surface area contributed by atoms with Gasteiger partial charge in [-0.1, -0.05) is 13.8 Å². The van der Waals surface area contributed by atoms with E-state index < -0.39 is 0 Å². The minimum atomic E-state index is 0.244. The van der Waals surface area contributed by atoms with E-state index in [9.17, 15) is 0 Å². The number of ether oxygens (including phenoxy) is 3. The van der Waals surface area contributed by atoms with Crippen LogP contribution in [-0.2, 0) is 14.2 Å². The highest BCUT2D eigenvalue weighted by atomic mass is 16.5. The predicted molar refractivity (Wildman–Crippen MR) is 75.1 cm³/mol. The van der Waals surface area contributed by atoms with Gasteiger partial charge in [-0.05, 0) is 26.2 Å². The normalized spacial score (nSPS) is 13.2. The van der Waals surface area contributed by atoms with Crippen LogP contribution < -0.4 is 5.32 Å². The molecule has 0 saturated carbocycles. The first-order chi connectivity index (χ1) is 8.74. The Labute approximate surface area is 112 Å². The second kappa shape index (κ2) is 13.3. The Hall–Kier alpha value is -0.160. The van der Waals surface area contributed by atoms with Gasteiger partial charge in [0, 0.05) is 32.9 Å². The predicted octanol–water partition coefficient (Wildman–Crippen LogP) is 2.22. The molecule has 0 saturated heterocycles. The summed E-state index contributed by atoms with van der Waals surface area (Å²) < 4.78 is 16.0. The van der Waals surface area contributed by atoms with E-state index in [4.69, 9.17) is 14.2 Å². The Bertz CT molecular complexity index is 163. The molecule has 110 valence electrons. The summed E-state index contributed by atoms with van der Waals surface area (Å²) in [5.41, 5.74) is 0. The summed E-state index contributed by atoms with van der Waals surface area (Å²) in [4.78, 5) is 0. The molecule has 0 aliphatic heterocycles. The molecule has 0 spiro atoms. The maximum atomic E-state index is 5.67. The van der Waals surface area contributed by atoms with Crippen molar-refractivity contribution in [2.45, 2.75) is 52.2 Å². The van der Waals surface area contributed by atoms with Gasteiger partial charge in [0.2, 0.25) is 0 Å². The number of methoxy groups -OCH3 is 1. The average molecular weight is 261 g/mol. The van der Waals surface area contributed by atoms with Crippen LogP contribution in [0.1, 0.15) is 40.0 Å². The molecule has 4 nitrogen and oxygen atoms in total. The highest BCUT2D eigenvalue weighted by molar-refractivity contribution is 4.64. The monoisotopic (exact) mass is 261 g/mol. The lowest BCUT2D eigenvalue weighted by Gasteiger charge is -2.19. The maximum Gasteiger partial charge on any atom is 0.0704 e. The zero-order valence-electron chi connectivity index (χ0n) is 12.5. The Morgan fingerprint density at radius 1 is 1.00 bits per heavy atom. The second-order valence-corrected chi connectivity index (χ2v) is 4.56. The summed E-state index contributed by atoms with van der Waals surface area (Å²) in [6, 6.07) is 0.612. The van der Waals surface area contributed by atoms with Crippen molar-refractivity contribution in [1.29, 1.82) is 0 Å². The lowest BCUT2D eigenvalue weighted by atomic mass is 10.1. The van der Waals surface area contributed by atoms with Crippen molar-refractivity contribution >= 4 is 0 Å². The third-order valence-corrected chi connectivity index (χ3v) is 2.95. The van der Waals surface area contributed by atoms with E-state index in [2.05, 4.69) is 26.1 Å². The molecule has 0 aromatic rings. The molecule has 1 atom stereocenters. The van der Waals surface area contributed by atoms with Gasteiger partial charge in [-0.2, -0.15) is 0 Å². The van der Waals surface area contributed by atoms with Crippen molar-refractivity contribution in [3.8, 4) is 0 Å². The highest BCUT2D eigenvalue weighted by Crippen LogP contribution is 1.97. The summed E-state index contributed by atoms with van der Waals surface area (Å²) in [5.74, 6) is 0. The zero-order valence-corrected chi connectivity index (χ0v) is 12.5. The molecule has 0 bridgehead atoms. The van der Waals surface area contributed by atoms with Crippen molar-refractivity contribution in [1.82, 2.24) is 5.32 Å². The van der Waals surface area contributed by atoms with E-state index in [0.717, 1.165) is 26.2 Å². The van der Waals surface area contributed by atoms with Crippen LogP contribution in [0.5, 0.6) is 0 Å². The maximum absolute atomic E-state index is 5.67. The molecule has 0 radical (unpaired) electrons. The molecule has 0 heterocycles. The second-order valence-electron chi connectivity index (χ2n) is 4.56. The summed E-state index contributed by atoms with van der Waals surface area (Å²) in [6.07, 6.45) is 3.54. The van der Waals surface area contributed by atoms with Gasteiger partial charge in [0.15, 0.2) is 0 Å². The number of rotatable bonds is 13. The lowest BCUT2D eigenvalue weighted by Crippen LogP contribution is -2.35. The van der Waals surface area contributed by atoms with E-state index in [1.54, 1.807) is 7.11 Å². The van der Waals surface area contributed by atoms with Crippen LogP contribution in [0.25, 0.3) is 0 Å². The van der Waals surface area contributed by atoms with Crippen LogP contribution in [0.4, 0.5) is 0 Å². The molecule has 0 fully saturated rings. The molecule has 0 aromatic heterocycles. The minimum Gasteiger partial charge on any atom is -0.385 e. The van der Waals surface area contributed by atoms with Gasteiger partial charge in [-0.25, -0.2) is 0 Å². The standard InChI is InChI=1S/C14H31NO3/c1-5-14(6-2)15-12-13(3)18-11-10-17-9-7-8-16-4/h13-15H,5-12H2,1-4H3.